The number of hydrogen-bond donors (Lipinski definition) is 0. The summed E-state index contributed by atoms with van der Waals surface area (Å²) in [5, 5.41) is 0. The van der Waals surface area contributed by atoms with Crippen LogP contribution in [0.2, 0.25) is 0 Å². The van der Waals surface area contributed by atoms with Crippen LogP contribution in [0.3, 0.4) is 0 Å². The SMILES string of the molecule is COC(=O)C1=C(C)N=c2sc(=Cc3ccc(OC)c(OC)c3)c(=O)n2C1c1ccc(OC(C)=O)c(OC)c1. The number of ether oxygens (including phenoxy) is 5. The molecule has 10 nitrogen and oxygen atoms in total. The Balaban J connectivity index is 1.93. The molecule has 1 unspecified atom stereocenters. The molecule has 0 bridgehead atoms. The Bertz CT molecular complexity index is 1630. The number of aromatic nitrogens is 1. The Hall–Kier alpha value is -4.38. The lowest BCUT2D eigenvalue weighted by atomic mass is 9.95. The number of rotatable bonds is 7. The number of fused-ring (bicyclic) bond motifs is 1. The second kappa shape index (κ2) is 10.9. The summed E-state index contributed by atoms with van der Waals surface area (Å²) in [7, 11) is 5.79. The minimum atomic E-state index is -0.855. The molecule has 11 heteroatoms. The number of allylic oxidation sites excluding steroid dienone is 1. The molecule has 1 aliphatic rings. The maximum Gasteiger partial charge on any atom is 0.338 e. The second-order valence-corrected chi connectivity index (χ2v) is 9.20. The fraction of sp³-hybridized carbons (Fsp3) is 0.259. The molecule has 0 amide bonds. The van der Waals surface area contributed by atoms with Crippen molar-refractivity contribution in [3.63, 3.8) is 0 Å². The number of esters is 2. The Morgan fingerprint density at radius 2 is 1.61 bits per heavy atom. The molecular weight excluding hydrogens is 512 g/mol. The van der Waals surface area contributed by atoms with Crippen LogP contribution in [0.1, 0.15) is 31.0 Å². The van der Waals surface area contributed by atoms with E-state index in [1.165, 1.54) is 44.2 Å². The predicted octanol–water partition coefficient (Wildman–Crippen LogP) is 2.36. The van der Waals surface area contributed by atoms with E-state index in [9.17, 15) is 14.4 Å². The highest BCUT2D eigenvalue weighted by Gasteiger charge is 2.33. The van der Waals surface area contributed by atoms with Crippen molar-refractivity contribution >= 4 is 29.4 Å². The molecule has 0 saturated carbocycles. The van der Waals surface area contributed by atoms with E-state index < -0.39 is 18.0 Å². The van der Waals surface area contributed by atoms with Gasteiger partial charge in [0, 0.05) is 6.92 Å². The summed E-state index contributed by atoms with van der Waals surface area (Å²) in [6, 6.07) is 9.31. The van der Waals surface area contributed by atoms with Crippen LogP contribution in [0.4, 0.5) is 0 Å². The largest absolute Gasteiger partial charge is 0.493 e. The number of hydrogen-bond acceptors (Lipinski definition) is 10. The zero-order valence-electron chi connectivity index (χ0n) is 21.7. The van der Waals surface area contributed by atoms with E-state index in [0.29, 0.717) is 32.1 Å². The number of thiazole rings is 1. The Morgan fingerprint density at radius 3 is 2.24 bits per heavy atom. The molecule has 198 valence electrons. The van der Waals surface area contributed by atoms with E-state index >= 15 is 0 Å². The van der Waals surface area contributed by atoms with E-state index in [4.69, 9.17) is 23.7 Å². The van der Waals surface area contributed by atoms with Crippen LogP contribution in [0.25, 0.3) is 6.08 Å². The van der Waals surface area contributed by atoms with Gasteiger partial charge in [0.15, 0.2) is 27.8 Å². The topological polar surface area (TPSA) is 115 Å². The fourth-order valence-electron chi connectivity index (χ4n) is 4.20. The molecule has 0 spiro atoms. The zero-order valence-corrected chi connectivity index (χ0v) is 22.5. The van der Waals surface area contributed by atoms with E-state index in [1.54, 1.807) is 56.5 Å². The maximum absolute atomic E-state index is 13.8. The molecule has 0 fully saturated rings. The van der Waals surface area contributed by atoms with Crippen molar-refractivity contribution in [1.29, 1.82) is 0 Å². The van der Waals surface area contributed by atoms with Crippen molar-refractivity contribution in [2.24, 2.45) is 4.99 Å². The van der Waals surface area contributed by atoms with Gasteiger partial charge in [-0.15, -0.1) is 0 Å². The summed E-state index contributed by atoms with van der Waals surface area (Å²) in [6.45, 7) is 2.97. The van der Waals surface area contributed by atoms with Gasteiger partial charge in [0.2, 0.25) is 0 Å². The number of carbonyl (C=O) groups excluding carboxylic acids is 2. The van der Waals surface area contributed by atoms with Gasteiger partial charge < -0.3 is 23.7 Å². The van der Waals surface area contributed by atoms with E-state index in [2.05, 4.69) is 4.99 Å². The third-order valence-corrected chi connectivity index (χ3v) is 6.87. The van der Waals surface area contributed by atoms with Crippen LogP contribution < -0.4 is 33.8 Å². The highest BCUT2D eigenvalue weighted by Crippen LogP contribution is 2.36. The normalized spacial score (nSPS) is 14.9. The van der Waals surface area contributed by atoms with Crippen molar-refractivity contribution in [3.05, 3.63) is 78.5 Å². The minimum absolute atomic E-state index is 0.208. The van der Waals surface area contributed by atoms with Crippen molar-refractivity contribution in [2.45, 2.75) is 19.9 Å². The molecule has 4 rings (SSSR count). The Kier molecular flexibility index (Phi) is 7.67. The monoisotopic (exact) mass is 538 g/mol. The summed E-state index contributed by atoms with van der Waals surface area (Å²) in [5.41, 5.74) is 1.56. The number of carbonyl (C=O) groups is 2. The summed E-state index contributed by atoms with van der Waals surface area (Å²) < 4.78 is 28.2. The first-order valence-corrected chi connectivity index (χ1v) is 12.2. The predicted molar refractivity (Wildman–Crippen MR) is 140 cm³/mol. The summed E-state index contributed by atoms with van der Waals surface area (Å²) in [6.07, 6.45) is 1.73. The van der Waals surface area contributed by atoms with Gasteiger partial charge in [0.05, 0.1) is 50.3 Å². The summed E-state index contributed by atoms with van der Waals surface area (Å²) >= 11 is 1.19. The molecule has 2 aromatic carbocycles. The van der Waals surface area contributed by atoms with Crippen LogP contribution in [-0.2, 0) is 14.3 Å². The molecule has 1 atom stereocenters. The lowest BCUT2D eigenvalue weighted by Crippen LogP contribution is -2.39. The van der Waals surface area contributed by atoms with Gasteiger partial charge in [-0.25, -0.2) is 9.79 Å². The fourth-order valence-corrected chi connectivity index (χ4v) is 5.24. The minimum Gasteiger partial charge on any atom is -0.493 e. The first-order valence-electron chi connectivity index (χ1n) is 11.4. The summed E-state index contributed by atoms with van der Waals surface area (Å²) in [4.78, 5) is 43.1. The van der Waals surface area contributed by atoms with E-state index in [1.807, 2.05) is 0 Å². The average molecular weight is 539 g/mol. The molecule has 1 aromatic heterocycles. The maximum atomic E-state index is 13.8. The summed E-state index contributed by atoms with van der Waals surface area (Å²) in [5.74, 6) is 0.443. The molecule has 38 heavy (non-hydrogen) atoms. The van der Waals surface area contributed by atoms with Crippen molar-refractivity contribution in [1.82, 2.24) is 4.57 Å². The highest BCUT2D eigenvalue weighted by molar-refractivity contribution is 7.07. The smallest absolute Gasteiger partial charge is 0.338 e. The van der Waals surface area contributed by atoms with Crippen molar-refractivity contribution in [2.75, 3.05) is 28.4 Å². The van der Waals surface area contributed by atoms with Gasteiger partial charge in [0.1, 0.15) is 0 Å². The third-order valence-electron chi connectivity index (χ3n) is 5.89. The Labute approximate surface area is 222 Å². The van der Waals surface area contributed by atoms with Crippen LogP contribution in [0.5, 0.6) is 23.0 Å². The number of methoxy groups -OCH3 is 4. The van der Waals surface area contributed by atoms with Gasteiger partial charge in [-0.05, 0) is 48.4 Å². The van der Waals surface area contributed by atoms with Crippen LogP contribution >= 0.6 is 11.3 Å². The molecule has 0 radical (unpaired) electrons. The van der Waals surface area contributed by atoms with Gasteiger partial charge in [-0.2, -0.15) is 0 Å². The second-order valence-electron chi connectivity index (χ2n) is 8.19. The number of nitrogens with zero attached hydrogens (tertiary/aromatic N) is 2. The molecular formula is C27H26N2O8S. The zero-order chi connectivity index (χ0) is 27.6. The van der Waals surface area contributed by atoms with Crippen LogP contribution in [0.15, 0.2) is 57.5 Å². The standard InChI is InChI=1S/C27H26N2O8S/c1-14-23(26(32)36-6)24(17-8-10-19(37-15(2)30)21(13-17)35-5)29-25(31)22(38-27(29)28-14)12-16-7-9-18(33-3)20(11-16)34-4/h7-13,24H,1-6H3. The quantitative estimate of drug-likeness (QED) is 0.333. The molecule has 0 saturated heterocycles. The molecule has 3 aromatic rings. The van der Waals surface area contributed by atoms with Gasteiger partial charge >= 0.3 is 11.9 Å². The molecule has 0 aliphatic carbocycles. The first kappa shape index (κ1) is 26.7. The van der Waals surface area contributed by atoms with Crippen LogP contribution in [-0.4, -0.2) is 44.9 Å². The molecule has 0 N–H and O–H groups in total. The Morgan fingerprint density at radius 1 is 0.947 bits per heavy atom. The average Bonchev–Trinajstić information content (AvgIpc) is 3.21. The highest BCUT2D eigenvalue weighted by atomic mass is 32.1. The first-order chi connectivity index (χ1) is 18.2. The molecule has 1 aliphatic heterocycles. The van der Waals surface area contributed by atoms with E-state index in [0.717, 1.165) is 5.56 Å². The van der Waals surface area contributed by atoms with Crippen molar-refractivity contribution in [3.8, 4) is 23.0 Å². The number of benzene rings is 2. The lowest BCUT2D eigenvalue weighted by Gasteiger charge is -2.25. The lowest BCUT2D eigenvalue weighted by molar-refractivity contribution is -0.136. The van der Waals surface area contributed by atoms with Gasteiger partial charge in [0.25, 0.3) is 5.56 Å². The van der Waals surface area contributed by atoms with Gasteiger partial charge in [-0.1, -0.05) is 23.5 Å². The van der Waals surface area contributed by atoms with E-state index in [-0.39, 0.29) is 22.6 Å². The van der Waals surface area contributed by atoms with Crippen molar-refractivity contribution < 1.29 is 33.3 Å². The van der Waals surface area contributed by atoms with Crippen LogP contribution in [0, 0.1) is 0 Å². The molecule has 2 heterocycles. The third kappa shape index (κ3) is 4.92. The van der Waals surface area contributed by atoms with Gasteiger partial charge in [-0.3, -0.25) is 14.2 Å².